The van der Waals surface area contributed by atoms with Crippen LogP contribution in [0.3, 0.4) is 0 Å². The van der Waals surface area contributed by atoms with E-state index in [1.807, 2.05) is 49.1 Å². The van der Waals surface area contributed by atoms with Gasteiger partial charge in [0, 0.05) is 64.3 Å². The molecule has 2 aliphatic heterocycles. The average Bonchev–Trinajstić information content (AvgIpc) is 2.76. The van der Waals surface area contributed by atoms with E-state index >= 15 is 0 Å². The van der Waals surface area contributed by atoms with E-state index < -0.39 is 0 Å². The van der Waals surface area contributed by atoms with Crippen LogP contribution < -0.4 is 10.1 Å². The summed E-state index contributed by atoms with van der Waals surface area (Å²) in [5.41, 5.74) is 0. The van der Waals surface area contributed by atoms with E-state index in [9.17, 15) is 0 Å². The quantitative estimate of drug-likeness (QED) is 0.553. The van der Waals surface area contributed by atoms with Gasteiger partial charge in [0.15, 0.2) is 5.96 Å². The van der Waals surface area contributed by atoms with Crippen LogP contribution in [0, 0.1) is 0 Å². The highest BCUT2D eigenvalue weighted by atomic mass is 32.2. The van der Waals surface area contributed by atoms with Crippen molar-refractivity contribution in [3.8, 4) is 5.75 Å². The average molecular weight is 407 g/mol. The van der Waals surface area contributed by atoms with E-state index in [1.165, 1.54) is 0 Å². The van der Waals surface area contributed by atoms with Crippen LogP contribution in [0.25, 0.3) is 0 Å². The second-order valence-electron chi connectivity index (χ2n) is 7.39. The van der Waals surface area contributed by atoms with Gasteiger partial charge < -0.3 is 19.7 Å². The van der Waals surface area contributed by atoms with Crippen molar-refractivity contribution in [1.82, 2.24) is 15.1 Å². The van der Waals surface area contributed by atoms with Crippen LogP contribution >= 0.6 is 11.8 Å². The maximum atomic E-state index is 5.83. The number of guanidine groups is 1. The minimum absolute atomic E-state index is 0.269. The van der Waals surface area contributed by atoms with Gasteiger partial charge in [-0.2, -0.15) is 11.8 Å². The van der Waals surface area contributed by atoms with Gasteiger partial charge in [0.05, 0.1) is 0 Å². The summed E-state index contributed by atoms with van der Waals surface area (Å²) in [7, 11) is 1.89. The van der Waals surface area contributed by atoms with Crippen LogP contribution in [0.1, 0.15) is 12.8 Å². The first-order valence-electron chi connectivity index (χ1n) is 10.2. The van der Waals surface area contributed by atoms with E-state index in [0.717, 1.165) is 83.6 Å². The Bertz CT molecular complexity index is 600. The van der Waals surface area contributed by atoms with Crippen molar-refractivity contribution in [1.29, 1.82) is 0 Å². The predicted molar refractivity (Wildman–Crippen MR) is 118 cm³/mol. The molecule has 0 atom stereocenters. The number of hydrogen-bond acceptors (Lipinski definition) is 5. The first kappa shape index (κ1) is 21.3. The standard InChI is InChI=1S/C21H34N4O2S/c1-22-20(23-18-21(28-2)8-15-26-16-9-21)25-12-10-24(11-13-25)14-17-27-19-6-4-3-5-7-19/h3-7H,8-18H2,1-2H3,(H,22,23). The summed E-state index contributed by atoms with van der Waals surface area (Å²) in [5, 5.41) is 3.64. The molecular formula is C21H34N4O2S. The summed E-state index contributed by atoms with van der Waals surface area (Å²) in [6.45, 7) is 8.46. The minimum Gasteiger partial charge on any atom is -0.492 e. The van der Waals surface area contributed by atoms with Gasteiger partial charge in [0.25, 0.3) is 0 Å². The Morgan fingerprint density at radius 1 is 1.18 bits per heavy atom. The third-order valence-electron chi connectivity index (χ3n) is 5.71. The molecule has 2 saturated heterocycles. The second kappa shape index (κ2) is 10.9. The topological polar surface area (TPSA) is 49.3 Å². The van der Waals surface area contributed by atoms with Gasteiger partial charge >= 0.3 is 0 Å². The summed E-state index contributed by atoms with van der Waals surface area (Å²) in [6.07, 6.45) is 4.42. The summed E-state index contributed by atoms with van der Waals surface area (Å²) < 4.78 is 11.6. The van der Waals surface area contributed by atoms with Crippen LogP contribution in [-0.2, 0) is 4.74 Å². The SMILES string of the molecule is CN=C(NCC1(SC)CCOCC1)N1CCN(CCOc2ccccc2)CC1. The Balaban J connectivity index is 1.39. The number of thioether (sulfide) groups is 1. The Morgan fingerprint density at radius 2 is 1.89 bits per heavy atom. The zero-order valence-electron chi connectivity index (χ0n) is 17.2. The maximum Gasteiger partial charge on any atom is 0.193 e. The lowest BCUT2D eigenvalue weighted by Crippen LogP contribution is -2.55. The fourth-order valence-corrected chi connectivity index (χ4v) is 4.55. The van der Waals surface area contributed by atoms with Crippen LogP contribution in [0.2, 0.25) is 0 Å². The number of piperazine rings is 1. The molecule has 28 heavy (non-hydrogen) atoms. The van der Waals surface area contributed by atoms with Gasteiger partial charge in [-0.3, -0.25) is 9.89 Å². The highest BCUT2D eigenvalue weighted by Crippen LogP contribution is 2.33. The number of aliphatic imine (C=N–C) groups is 1. The van der Waals surface area contributed by atoms with Crippen molar-refractivity contribution in [2.75, 3.05) is 72.4 Å². The molecule has 0 radical (unpaired) electrons. The van der Waals surface area contributed by atoms with E-state index in [-0.39, 0.29) is 4.75 Å². The van der Waals surface area contributed by atoms with Crippen LogP contribution in [0.15, 0.2) is 35.3 Å². The smallest absolute Gasteiger partial charge is 0.193 e. The second-order valence-corrected chi connectivity index (χ2v) is 8.66. The molecule has 0 aromatic heterocycles. The highest BCUT2D eigenvalue weighted by molar-refractivity contribution is 8.00. The molecule has 156 valence electrons. The molecule has 0 saturated carbocycles. The van der Waals surface area contributed by atoms with Gasteiger partial charge in [-0.25, -0.2) is 0 Å². The molecule has 1 aromatic carbocycles. The van der Waals surface area contributed by atoms with Crippen molar-refractivity contribution in [2.45, 2.75) is 17.6 Å². The molecule has 0 spiro atoms. The van der Waals surface area contributed by atoms with E-state index in [4.69, 9.17) is 9.47 Å². The fourth-order valence-electron chi connectivity index (χ4n) is 3.76. The van der Waals surface area contributed by atoms with E-state index in [1.54, 1.807) is 0 Å². The highest BCUT2D eigenvalue weighted by Gasteiger charge is 2.32. The number of rotatable bonds is 7. The Labute approximate surface area is 173 Å². The van der Waals surface area contributed by atoms with Gasteiger partial charge in [-0.15, -0.1) is 0 Å². The summed E-state index contributed by atoms with van der Waals surface area (Å²) in [5.74, 6) is 1.97. The molecule has 2 heterocycles. The Morgan fingerprint density at radius 3 is 2.54 bits per heavy atom. The lowest BCUT2D eigenvalue weighted by molar-refractivity contribution is 0.0779. The molecule has 1 N–H and O–H groups in total. The first-order chi connectivity index (χ1) is 13.7. The monoisotopic (exact) mass is 406 g/mol. The number of nitrogens with zero attached hydrogens (tertiary/aromatic N) is 3. The molecular weight excluding hydrogens is 372 g/mol. The van der Waals surface area contributed by atoms with Crippen molar-refractivity contribution in [3.05, 3.63) is 30.3 Å². The van der Waals surface area contributed by atoms with Crippen molar-refractivity contribution < 1.29 is 9.47 Å². The Kier molecular flexibility index (Phi) is 8.30. The first-order valence-corrected chi connectivity index (χ1v) is 11.5. The van der Waals surface area contributed by atoms with Gasteiger partial charge in [0.1, 0.15) is 12.4 Å². The number of para-hydroxylation sites is 1. The largest absolute Gasteiger partial charge is 0.492 e. The molecule has 1 aromatic rings. The van der Waals surface area contributed by atoms with E-state index in [0.29, 0.717) is 0 Å². The van der Waals surface area contributed by atoms with Crippen LogP contribution in [0.4, 0.5) is 0 Å². The summed E-state index contributed by atoms with van der Waals surface area (Å²) in [4.78, 5) is 9.38. The van der Waals surface area contributed by atoms with Crippen molar-refractivity contribution in [2.24, 2.45) is 4.99 Å². The fraction of sp³-hybridized carbons (Fsp3) is 0.667. The molecule has 7 heteroatoms. The number of hydrogen-bond donors (Lipinski definition) is 1. The number of nitrogens with one attached hydrogen (secondary N) is 1. The molecule has 0 bridgehead atoms. The molecule has 3 rings (SSSR count). The van der Waals surface area contributed by atoms with Crippen molar-refractivity contribution >= 4 is 17.7 Å². The predicted octanol–water partition coefficient (Wildman–Crippen LogP) is 2.17. The third kappa shape index (κ3) is 6.03. The minimum atomic E-state index is 0.269. The van der Waals surface area contributed by atoms with Gasteiger partial charge in [0.2, 0.25) is 0 Å². The zero-order chi connectivity index (χ0) is 19.7. The molecule has 0 amide bonds. The summed E-state index contributed by atoms with van der Waals surface area (Å²) >= 11 is 1.96. The lowest BCUT2D eigenvalue weighted by Gasteiger charge is -2.39. The van der Waals surface area contributed by atoms with Gasteiger partial charge in [-0.05, 0) is 31.2 Å². The molecule has 2 aliphatic rings. The van der Waals surface area contributed by atoms with Crippen LogP contribution in [0.5, 0.6) is 5.75 Å². The zero-order valence-corrected chi connectivity index (χ0v) is 18.0. The van der Waals surface area contributed by atoms with E-state index in [2.05, 4.69) is 26.4 Å². The Hall–Kier alpha value is -1.44. The molecule has 2 fully saturated rings. The van der Waals surface area contributed by atoms with Crippen molar-refractivity contribution in [3.63, 3.8) is 0 Å². The molecule has 0 aliphatic carbocycles. The molecule has 0 unspecified atom stereocenters. The number of ether oxygens (including phenoxy) is 2. The number of benzene rings is 1. The van der Waals surface area contributed by atoms with Crippen LogP contribution in [-0.4, -0.2) is 92.9 Å². The lowest BCUT2D eigenvalue weighted by atomic mass is 9.99. The van der Waals surface area contributed by atoms with Gasteiger partial charge in [-0.1, -0.05) is 18.2 Å². The third-order valence-corrected chi connectivity index (χ3v) is 7.13. The normalized spacial score (nSPS) is 20.8. The molecule has 6 nitrogen and oxygen atoms in total. The summed E-state index contributed by atoms with van der Waals surface area (Å²) in [6, 6.07) is 10.0. The maximum absolute atomic E-state index is 5.83.